The maximum Gasteiger partial charge on any atom is 0.328 e. The SMILES string of the molecule is N#Cc1c(O)cccc1C=CC(=O)O. The van der Waals surface area contributed by atoms with E-state index in [0.717, 1.165) is 6.08 Å². The first kappa shape index (κ1) is 9.81. The Morgan fingerprint density at radius 3 is 2.79 bits per heavy atom. The highest BCUT2D eigenvalue weighted by atomic mass is 16.4. The largest absolute Gasteiger partial charge is 0.507 e. The standard InChI is InChI=1S/C10H7NO3/c11-6-8-7(4-5-10(13)14)2-1-3-9(8)12/h1-5,12H,(H,13,14). The molecule has 0 bridgehead atoms. The van der Waals surface area contributed by atoms with Crippen molar-refractivity contribution in [3.8, 4) is 11.8 Å². The van der Waals surface area contributed by atoms with Gasteiger partial charge in [-0.3, -0.25) is 0 Å². The predicted molar refractivity (Wildman–Crippen MR) is 49.5 cm³/mol. The molecular weight excluding hydrogens is 182 g/mol. The maximum atomic E-state index is 10.2. The predicted octanol–water partition coefficient (Wildman–Crippen LogP) is 1.36. The van der Waals surface area contributed by atoms with E-state index in [2.05, 4.69) is 0 Å². The first-order valence-electron chi connectivity index (χ1n) is 3.78. The van der Waals surface area contributed by atoms with E-state index in [4.69, 9.17) is 10.4 Å². The van der Waals surface area contributed by atoms with E-state index in [1.807, 2.05) is 0 Å². The molecule has 0 aliphatic carbocycles. The molecule has 1 aromatic carbocycles. The summed E-state index contributed by atoms with van der Waals surface area (Å²) in [5.41, 5.74) is 0.458. The highest BCUT2D eigenvalue weighted by Crippen LogP contribution is 2.20. The van der Waals surface area contributed by atoms with Crippen LogP contribution in [0, 0.1) is 11.3 Å². The molecule has 0 saturated carbocycles. The summed E-state index contributed by atoms with van der Waals surface area (Å²) in [5, 5.41) is 26.3. The number of rotatable bonds is 2. The Bertz CT molecular complexity index is 429. The molecule has 0 fully saturated rings. The molecule has 1 aromatic rings. The molecule has 4 heteroatoms. The molecule has 0 aliphatic rings. The Balaban J connectivity index is 3.16. The molecule has 0 radical (unpaired) electrons. The van der Waals surface area contributed by atoms with E-state index < -0.39 is 5.97 Å². The van der Waals surface area contributed by atoms with Crippen LogP contribution >= 0.6 is 0 Å². The number of phenolic OH excluding ortho intramolecular Hbond substituents is 1. The molecule has 2 N–H and O–H groups in total. The zero-order valence-corrected chi connectivity index (χ0v) is 7.14. The van der Waals surface area contributed by atoms with Crippen LogP contribution in [0.3, 0.4) is 0 Å². The molecule has 0 spiro atoms. The lowest BCUT2D eigenvalue weighted by Gasteiger charge is -1.98. The molecule has 0 aliphatic heterocycles. The van der Waals surface area contributed by atoms with Gasteiger partial charge in [0, 0.05) is 6.08 Å². The second-order valence-electron chi connectivity index (χ2n) is 2.52. The smallest absolute Gasteiger partial charge is 0.328 e. The second kappa shape index (κ2) is 4.10. The van der Waals surface area contributed by atoms with Gasteiger partial charge in [0.05, 0.1) is 0 Å². The number of hydrogen-bond donors (Lipinski definition) is 2. The molecule has 0 saturated heterocycles. The highest BCUT2D eigenvalue weighted by Gasteiger charge is 2.03. The Labute approximate surface area is 80.3 Å². The number of phenols is 1. The number of aromatic hydroxyl groups is 1. The number of nitrogens with zero attached hydrogens (tertiary/aromatic N) is 1. The Hall–Kier alpha value is -2.28. The van der Waals surface area contributed by atoms with Crippen molar-refractivity contribution in [2.24, 2.45) is 0 Å². The van der Waals surface area contributed by atoms with Gasteiger partial charge in [-0.2, -0.15) is 5.26 Å². The van der Waals surface area contributed by atoms with E-state index in [-0.39, 0.29) is 11.3 Å². The average molecular weight is 189 g/mol. The average Bonchev–Trinajstić information content (AvgIpc) is 2.14. The van der Waals surface area contributed by atoms with Gasteiger partial charge in [-0.1, -0.05) is 12.1 Å². The summed E-state index contributed by atoms with van der Waals surface area (Å²) in [6.07, 6.45) is 2.18. The summed E-state index contributed by atoms with van der Waals surface area (Å²) in [6, 6.07) is 6.26. The Kier molecular flexibility index (Phi) is 2.87. The van der Waals surface area contributed by atoms with Crippen LogP contribution in [-0.4, -0.2) is 16.2 Å². The molecule has 0 unspecified atom stereocenters. The summed E-state index contributed by atoms with van der Waals surface area (Å²) >= 11 is 0. The van der Waals surface area contributed by atoms with E-state index in [0.29, 0.717) is 5.56 Å². The summed E-state index contributed by atoms with van der Waals surface area (Å²) in [5.74, 6) is -1.25. The molecule has 0 aromatic heterocycles. The monoisotopic (exact) mass is 189 g/mol. The number of nitriles is 1. The van der Waals surface area contributed by atoms with Gasteiger partial charge in [-0.25, -0.2) is 4.79 Å². The first-order valence-corrected chi connectivity index (χ1v) is 3.78. The van der Waals surface area contributed by atoms with E-state index in [1.54, 1.807) is 12.1 Å². The molecule has 4 nitrogen and oxygen atoms in total. The van der Waals surface area contributed by atoms with Crippen LogP contribution in [0.25, 0.3) is 6.08 Å². The fourth-order valence-electron chi connectivity index (χ4n) is 0.979. The minimum Gasteiger partial charge on any atom is -0.507 e. The first-order chi connectivity index (χ1) is 6.65. The lowest BCUT2D eigenvalue weighted by atomic mass is 10.1. The van der Waals surface area contributed by atoms with Gasteiger partial charge in [-0.15, -0.1) is 0 Å². The van der Waals surface area contributed by atoms with Gasteiger partial charge >= 0.3 is 5.97 Å². The number of hydrogen-bond acceptors (Lipinski definition) is 3. The molecular formula is C10H7NO3. The van der Waals surface area contributed by atoms with Gasteiger partial charge in [0.2, 0.25) is 0 Å². The van der Waals surface area contributed by atoms with Gasteiger partial charge in [0.1, 0.15) is 17.4 Å². The van der Waals surface area contributed by atoms with Crippen molar-refractivity contribution in [1.82, 2.24) is 0 Å². The minimum absolute atomic E-state index is 0.0741. The van der Waals surface area contributed by atoms with Crippen molar-refractivity contribution in [2.45, 2.75) is 0 Å². The van der Waals surface area contributed by atoms with Gasteiger partial charge in [0.25, 0.3) is 0 Å². The van der Waals surface area contributed by atoms with Crippen molar-refractivity contribution in [1.29, 1.82) is 5.26 Å². The van der Waals surface area contributed by atoms with Crippen molar-refractivity contribution >= 4 is 12.0 Å². The van der Waals surface area contributed by atoms with Crippen molar-refractivity contribution in [2.75, 3.05) is 0 Å². The third-order valence-electron chi connectivity index (χ3n) is 1.59. The van der Waals surface area contributed by atoms with E-state index in [1.165, 1.54) is 18.2 Å². The van der Waals surface area contributed by atoms with Crippen LogP contribution in [0.1, 0.15) is 11.1 Å². The molecule has 0 heterocycles. The molecule has 1 rings (SSSR count). The number of carbonyl (C=O) groups is 1. The van der Waals surface area contributed by atoms with Crippen LogP contribution in [0.4, 0.5) is 0 Å². The lowest BCUT2D eigenvalue weighted by Crippen LogP contribution is -1.87. The summed E-state index contributed by atoms with van der Waals surface area (Å²) in [6.45, 7) is 0. The Morgan fingerprint density at radius 2 is 2.21 bits per heavy atom. The van der Waals surface area contributed by atoms with Crippen LogP contribution in [0.5, 0.6) is 5.75 Å². The fraction of sp³-hybridized carbons (Fsp3) is 0. The van der Waals surface area contributed by atoms with Crippen molar-refractivity contribution in [3.63, 3.8) is 0 Å². The molecule has 0 atom stereocenters. The van der Waals surface area contributed by atoms with Crippen LogP contribution in [0.15, 0.2) is 24.3 Å². The van der Waals surface area contributed by atoms with Crippen LogP contribution in [0.2, 0.25) is 0 Å². The van der Waals surface area contributed by atoms with Crippen molar-refractivity contribution in [3.05, 3.63) is 35.4 Å². The van der Waals surface area contributed by atoms with E-state index >= 15 is 0 Å². The van der Waals surface area contributed by atoms with Crippen LogP contribution < -0.4 is 0 Å². The van der Waals surface area contributed by atoms with E-state index in [9.17, 15) is 9.90 Å². The molecule has 0 amide bonds. The third kappa shape index (κ3) is 2.11. The van der Waals surface area contributed by atoms with Gasteiger partial charge in [-0.05, 0) is 17.7 Å². The number of carboxylic acids is 1. The number of carboxylic acid groups (broad SMARTS) is 1. The highest BCUT2D eigenvalue weighted by molar-refractivity contribution is 5.86. The number of benzene rings is 1. The minimum atomic E-state index is -1.10. The summed E-state index contributed by atoms with van der Waals surface area (Å²) < 4.78 is 0. The second-order valence-corrected chi connectivity index (χ2v) is 2.52. The van der Waals surface area contributed by atoms with Crippen LogP contribution in [-0.2, 0) is 4.79 Å². The normalized spacial score (nSPS) is 9.93. The zero-order valence-electron chi connectivity index (χ0n) is 7.14. The van der Waals surface area contributed by atoms with Gasteiger partial charge in [0.15, 0.2) is 0 Å². The Morgan fingerprint density at radius 1 is 1.50 bits per heavy atom. The quantitative estimate of drug-likeness (QED) is 0.688. The lowest BCUT2D eigenvalue weighted by molar-refractivity contribution is -0.131. The third-order valence-corrected chi connectivity index (χ3v) is 1.59. The topological polar surface area (TPSA) is 81.3 Å². The fourth-order valence-corrected chi connectivity index (χ4v) is 0.979. The van der Waals surface area contributed by atoms with Gasteiger partial charge < -0.3 is 10.2 Å². The maximum absolute atomic E-state index is 10.2. The summed E-state index contributed by atoms with van der Waals surface area (Å²) in [4.78, 5) is 10.2. The molecule has 14 heavy (non-hydrogen) atoms. The zero-order chi connectivity index (χ0) is 10.6. The van der Waals surface area contributed by atoms with Crippen molar-refractivity contribution < 1.29 is 15.0 Å². The summed E-state index contributed by atoms with van der Waals surface area (Å²) in [7, 11) is 0. The number of aliphatic carboxylic acids is 1. The molecule has 70 valence electrons.